The van der Waals surface area contributed by atoms with Gasteiger partial charge >= 0.3 is 0 Å². The molecular weight excluding hydrogens is 739 g/mol. The van der Waals surface area contributed by atoms with Crippen molar-refractivity contribution < 1.29 is 33.6 Å². The van der Waals surface area contributed by atoms with Crippen LogP contribution in [-0.4, -0.2) is 95.4 Å². The Bertz CT molecular complexity index is 2310. The van der Waals surface area contributed by atoms with Gasteiger partial charge in [0.25, 0.3) is 5.91 Å². The van der Waals surface area contributed by atoms with Gasteiger partial charge in [-0.15, -0.1) is 0 Å². The normalized spacial score (nSPS) is 13.8. The number of fused-ring (bicyclic) bond motifs is 3. The molecule has 1 atom stereocenters. The summed E-state index contributed by atoms with van der Waals surface area (Å²) in [4.78, 5) is 33.7. The zero-order chi connectivity index (χ0) is 40.3. The first-order chi connectivity index (χ1) is 28.4. The average molecular weight is 792 g/mol. The van der Waals surface area contributed by atoms with Crippen LogP contribution in [0, 0.1) is 0 Å². The van der Waals surface area contributed by atoms with Crippen molar-refractivity contribution in [1.29, 1.82) is 0 Å². The van der Waals surface area contributed by atoms with Crippen LogP contribution in [0.5, 0.6) is 5.75 Å². The number of nitrogens with one attached hydrogen (secondary N) is 4. The van der Waals surface area contributed by atoms with E-state index in [-0.39, 0.29) is 30.0 Å². The number of amides is 2. The van der Waals surface area contributed by atoms with Crippen molar-refractivity contribution in [3.05, 3.63) is 119 Å². The Morgan fingerprint density at radius 1 is 0.897 bits per heavy atom. The van der Waals surface area contributed by atoms with Gasteiger partial charge in [0.2, 0.25) is 5.91 Å². The number of H-pyrrole nitrogens is 1. The number of imidazole rings is 1. The highest BCUT2D eigenvalue weighted by Gasteiger charge is 2.33. The number of para-hydroxylation sites is 1. The molecule has 306 valence electrons. The minimum absolute atomic E-state index is 0.0509. The quantitative estimate of drug-likeness (QED) is 0.0570. The molecule has 14 heteroatoms. The van der Waals surface area contributed by atoms with Crippen LogP contribution in [0.15, 0.2) is 79.4 Å². The van der Waals surface area contributed by atoms with Gasteiger partial charge in [0.15, 0.2) is 0 Å². The van der Waals surface area contributed by atoms with E-state index in [1.54, 1.807) is 18.2 Å². The van der Waals surface area contributed by atoms with E-state index < -0.39 is 0 Å². The van der Waals surface area contributed by atoms with Crippen molar-refractivity contribution in [2.45, 2.75) is 45.4 Å². The molecule has 3 aromatic carbocycles. The maximum absolute atomic E-state index is 12.9. The fraction of sp³-hybridized carbons (Fsp3) is 0.386. The predicted molar refractivity (Wildman–Crippen MR) is 221 cm³/mol. The molecule has 5 N–H and O–H groups in total. The Balaban J connectivity index is 0.951. The van der Waals surface area contributed by atoms with Crippen LogP contribution in [0.4, 0.5) is 0 Å². The molecule has 3 aromatic heterocycles. The second-order valence-electron chi connectivity index (χ2n) is 14.4. The summed E-state index contributed by atoms with van der Waals surface area (Å²) in [6, 6.07) is 19.1. The molecule has 1 aliphatic rings. The van der Waals surface area contributed by atoms with Gasteiger partial charge < -0.3 is 54.1 Å². The Morgan fingerprint density at radius 2 is 1.67 bits per heavy atom. The number of aryl methyl sites for hydroxylation is 1. The SMILES string of the molecule is CCOCCOCCOCCOCCC(=O)NCCc1cn(Cc2cn(C)cn2)c2cc(CNCc3[nH]c4ccccc4c3C3NC(=O)c4ccc(O)cc43)ccc12. The molecule has 0 aliphatic carbocycles. The first-order valence-corrected chi connectivity index (χ1v) is 20.0. The summed E-state index contributed by atoms with van der Waals surface area (Å²) in [5.74, 6) is -0.0746. The van der Waals surface area contributed by atoms with Crippen LogP contribution >= 0.6 is 0 Å². The number of aromatic hydroxyl groups is 1. The van der Waals surface area contributed by atoms with E-state index >= 15 is 0 Å². The molecule has 0 radical (unpaired) electrons. The van der Waals surface area contributed by atoms with Gasteiger partial charge in [-0.2, -0.15) is 0 Å². The lowest BCUT2D eigenvalue weighted by Crippen LogP contribution is -2.26. The maximum atomic E-state index is 12.9. The Labute approximate surface area is 337 Å². The number of phenolic OH excluding ortho intramolecular Hbond substituents is 1. The molecule has 0 saturated heterocycles. The van der Waals surface area contributed by atoms with Gasteiger partial charge in [-0.05, 0) is 60.4 Å². The number of rotatable bonds is 23. The third-order valence-corrected chi connectivity index (χ3v) is 10.2. The van der Waals surface area contributed by atoms with Gasteiger partial charge in [-0.3, -0.25) is 9.59 Å². The van der Waals surface area contributed by atoms with Crippen molar-refractivity contribution in [3.63, 3.8) is 0 Å². The number of nitrogens with zero attached hydrogens (tertiary/aromatic N) is 3. The molecule has 0 spiro atoms. The lowest BCUT2D eigenvalue weighted by Gasteiger charge is -2.15. The summed E-state index contributed by atoms with van der Waals surface area (Å²) in [7, 11) is 1.96. The maximum Gasteiger partial charge on any atom is 0.252 e. The molecule has 2 amide bonds. The first-order valence-electron chi connectivity index (χ1n) is 20.0. The van der Waals surface area contributed by atoms with E-state index in [1.165, 1.54) is 0 Å². The van der Waals surface area contributed by atoms with E-state index in [2.05, 4.69) is 60.9 Å². The number of hydrogen-bond acceptors (Lipinski definition) is 9. The fourth-order valence-corrected chi connectivity index (χ4v) is 7.50. The molecule has 58 heavy (non-hydrogen) atoms. The number of carbonyl (C=O) groups excluding carboxylic acids is 2. The predicted octanol–water partition coefficient (Wildman–Crippen LogP) is 4.87. The highest BCUT2D eigenvalue weighted by Crippen LogP contribution is 2.38. The number of hydrogen-bond donors (Lipinski definition) is 5. The fourth-order valence-electron chi connectivity index (χ4n) is 7.50. The van der Waals surface area contributed by atoms with Crippen LogP contribution in [-0.2, 0) is 56.8 Å². The molecule has 7 rings (SSSR count). The monoisotopic (exact) mass is 791 g/mol. The van der Waals surface area contributed by atoms with E-state index in [0.717, 1.165) is 55.4 Å². The Morgan fingerprint density at radius 3 is 2.45 bits per heavy atom. The smallest absolute Gasteiger partial charge is 0.252 e. The van der Waals surface area contributed by atoms with Crippen molar-refractivity contribution in [2.24, 2.45) is 7.05 Å². The van der Waals surface area contributed by atoms with E-state index in [0.29, 0.717) is 91.0 Å². The van der Waals surface area contributed by atoms with Crippen LogP contribution in [0.1, 0.15) is 63.4 Å². The van der Waals surface area contributed by atoms with Gasteiger partial charge in [0, 0.05) is 90.7 Å². The number of phenols is 1. The van der Waals surface area contributed by atoms with Gasteiger partial charge in [0.1, 0.15) is 5.75 Å². The minimum atomic E-state index is -0.386. The molecule has 1 aliphatic heterocycles. The van der Waals surface area contributed by atoms with Crippen LogP contribution in [0.3, 0.4) is 0 Å². The van der Waals surface area contributed by atoms with Crippen molar-refractivity contribution in [2.75, 3.05) is 59.4 Å². The molecule has 0 saturated carbocycles. The van der Waals surface area contributed by atoms with E-state index in [9.17, 15) is 14.7 Å². The Hall–Kier alpha value is -5.51. The molecule has 1 unspecified atom stereocenters. The summed E-state index contributed by atoms with van der Waals surface area (Å²) in [6.45, 7) is 8.25. The molecule has 0 bridgehead atoms. The topological polar surface area (TPSA) is 166 Å². The minimum Gasteiger partial charge on any atom is -0.508 e. The van der Waals surface area contributed by atoms with Crippen molar-refractivity contribution >= 4 is 33.6 Å². The van der Waals surface area contributed by atoms with Crippen molar-refractivity contribution in [3.8, 4) is 5.75 Å². The number of benzene rings is 3. The highest BCUT2D eigenvalue weighted by atomic mass is 16.6. The molecule has 14 nitrogen and oxygen atoms in total. The number of aromatic nitrogens is 4. The first kappa shape index (κ1) is 40.7. The molecular formula is C44H53N7O7. The summed E-state index contributed by atoms with van der Waals surface area (Å²) in [6.07, 6.45) is 6.96. The second-order valence-corrected chi connectivity index (χ2v) is 14.4. The van der Waals surface area contributed by atoms with Gasteiger partial charge in [0.05, 0.1) is 70.9 Å². The lowest BCUT2D eigenvalue weighted by atomic mass is 9.95. The van der Waals surface area contributed by atoms with Gasteiger partial charge in [-0.1, -0.05) is 30.3 Å². The Kier molecular flexibility index (Phi) is 13.9. The lowest BCUT2D eigenvalue weighted by molar-refractivity contribution is -0.122. The van der Waals surface area contributed by atoms with Crippen molar-refractivity contribution in [1.82, 2.24) is 35.1 Å². The number of aromatic amines is 1. The summed E-state index contributed by atoms with van der Waals surface area (Å²) >= 11 is 0. The summed E-state index contributed by atoms with van der Waals surface area (Å²) in [5.41, 5.74) is 8.60. The van der Waals surface area contributed by atoms with E-state index in [4.69, 9.17) is 18.9 Å². The van der Waals surface area contributed by atoms with Gasteiger partial charge in [-0.25, -0.2) is 4.98 Å². The molecule has 4 heterocycles. The largest absolute Gasteiger partial charge is 0.508 e. The summed E-state index contributed by atoms with van der Waals surface area (Å²) < 4.78 is 25.9. The third kappa shape index (κ3) is 10.1. The number of carbonyl (C=O) groups is 2. The van der Waals surface area contributed by atoms with Crippen LogP contribution in [0.2, 0.25) is 0 Å². The zero-order valence-electron chi connectivity index (χ0n) is 33.2. The summed E-state index contributed by atoms with van der Waals surface area (Å²) in [5, 5.41) is 22.3. The van der Waals surface area contributed by atoms with Crippen LogP contribution < -0.4 is 16.0 Å². The molecule has 6 aromatic rings. The zero-order valence-corrected chi connectivity index (χ0v) is 33.2. The average Bonchev–Trinajstić information content (AvgIpc) is 3.98. The van der Waals surface area contributed by atoms with Crippen LogP contribution in [0.25, 0.3) is 21.8 Å². The standard InChI is InChI=1S/C44H53N7O7/c1-3-55-16-17-57-20-21-58-19-18-56-15-13-41(53)46-14-12-31-26-51(28-32-27-50(2)29-47-32)40-22-30(8-10-34(31)40)24-45-25-39-42(36-6-4-5-7-38(36)48-39)43-37-23-33(52)9-11-35(37)44(54)49-43/h4-11,22-23,26-27,29,43,45,48,52H,3,12-21,24-25,28H2,1-2H3,(H,46,53)(H,49,54). The van der Waals surface area contributed by atoms with E-state index in [1.807, 2.05) is 49.3 Å². The second kappa shape index (κ2) is 19.8. The third-order valence-electron chi connectivity index (χ3n) is 10.2. The molecule has 0 fully saturated rings. The number of ether oxygens (including phenoxy) is 4. The highest BCUT2D eigenvalue weighted by molar-refractivity contribution is 6.01.